The Labute approximate surface area is 116 Å². The van der Waals surface area contributed by atoms with Gasteiger partial charge in [-0.25, -0.2) is 9.07 Å². The molecule has 2 aromatic rings. The molecular formula is C13H16ClFN4. The molecule has 0 aliphatic carbocycles. The van der Waals surface area contributed by atoms with Crippen LogP contribution in [0.1, 0.15) is 18.2 Å². The van der Waals surface area contributed by atoms with Crippen molar-refractivity contribution < 1.29 is 4.39 Å². The molecule has 1 aromatic heterocycles. The van der Waals surface area contributed by atoms with Crippen LogP contribution in [0.4, 0.5) is 15.9 Å². The third kappa shape index (κ3) is 2.81. The summed E-state index contributed by atoms with van der Waals surface area (Å²) in [4.78, 5) is 0. The molecule has 19 heavy (non-hydrogen) atoms. The van der Waals surface area contributed by atoms with Gasteiger partial charge in [0.25, 0.3) is 0 Å². The SMILES string of the molecule is CCn1nc(C)c(N)c1NCc1ccc(F)c(Cl)c1. The highest BCUT2D eigenvalue weighted by atomic mass is 35.5. The van der Waals surface area contributed by atoms with Gasteiger partial charge in [0.1, 0.15) is 11.6 Å². The van der Waals surface area contributed by atoms with Crippen molar-refractivity contribution in [3.8, 4) is 0 Å². The fraction of sp³-hybridized carbons (Fsp3) is 0.308. The molecule has 2 rings (SSSR count). The lowest BCUT2D eigenvalue weighted by Gasteiger charge is -2.09. The highest BCUT2D eigenvalue weighted by molar-refractivity contribution is 6.30. The Morgan fingerprint density at radius 1 is 1.47 bits per heavy atom. The van der Waals surface area contributed by atoms with Gasteiger partial charge < -0.3 is 11.1 Å². The number of nitrogens with zero attached hydrogens (tertiary/aromatic N) is 2. The highest BCUT2D eigenvalue weighted by Gasteiger charge is 2.11. The molecule has 0 aliphatic heterocycles. The molecule has 0 saturated heterocycles. The van der Waals surface area contributed by atoms with E-state index in [1.54, 1.807) is 16.8 Å². The average molecular weight is 283 g/mol. The van der Waals surface area contributed by atoms with Gasteiger partial charge in [0.15, 0.2) is 0 Å². The summed E-state index contributed by atoms with van der Waals surface area (Å²) in [5, 5.41) is 7.64. The van der Waals surface area contributed by atoms with Crippen LogP contribution in [0, 0.1) is 12.7 Å². The number of hydrogen-bond acceptors (Lipinski definition) is 3. The van der Waals surface area contributed by atoms with Gasteiger partial charge in [-0.1, -0.05) is 17.7 Å². The monoisotopic (exact) mass is 282 g/mol. The van der Waals surface area contributed by atoms with Crippen molar-refractivity contribution in [2.45, 2.75) is 26.9 Å². The maximum absolute atomic E-state index is 13.1. The fourth-order valence-electron chi connectivity index (χ4n) is 1.85. The first-order chi connectivity index (χ1) is 9.02. The number of nitrogens with two attached hydrogens (primary N) is 1. The zero-order valence-corrected chi connectivity index (χ0v) is 11.6. The number of halogens is 2. The minimum atomic E-state index is -0.417. The van der Waals surface area contributed by atoms with Crippen LogP contribution >= 0.6 is 11.6 Å². The molecule has 0 spiro atoms. The van der Waals surface area contributed by atoms with Gasteiger partial charge in [-0.05, 0) is 31.5 Å². The Morgan fingerprint density at radius 3 is 2.84 bits per heavy atom. The van der Waals surface area contributed by atoms with Gasteiger partial charge in [0, 0.05) is 13.1 Å². The second-order valence-electron chi connectivity index (χ2n) is 4.27. The number of aryl methyl sites for hydroxylation is 2. The second-order valence-corrected chi connectivity index (χ2v) is 4.67. The zero-order chi connectivity index (χ0) is 14.0. The first kappa shape index (κ1) is 13.7. The van der Waals surface area contributed by atoms with E-state index in [1.165, 1.54) is 6.07 Å². The van der Waals surface area contributed by atoms with Crippen LogP contribution < -0.4 is 11.1 Å². The molecule has 0 aliphatic rings. The second kappa shape index (κ2) is 5.48. The molecule has 3 N–H and O–H groups in total. The Balaban J connectivity index is 2.16. The Bertz CT molecular complexity index is 595. The van der Waals surface area contributed by atoms with E-state index in [9.17, 15) is 4.39 Å². The summed E-state index contributed by atoms with van der Waals surface area (Å²) < 4.78 is 14.9. The number of rotatable bonds is 4. The van der Waals surface area contributed by atoms with E-state index in [1.807, 2.05) is 13.8 Å². The molecule has 0 unspecified atom stereocenters. The van der Waals surface area contributed by atoms with Crippen LogP contribution in [-0.4, -0.2) is 9.78 Å². The van der Waals surface area contributed by atoms with Crippen LogP contribution in [0.2, 0.25) is 5.02 Å². The Morgan fingerprint density at radius 2 is 2.21 bits per heavy atom. The van der Waals surface area contributed by atoms with Crippen molar-refractivity contribution in [3.63, 3.8) is 0 Å². The lowest BCUT2D eigenvalue weighted by atomic mass is 10.2. The molecule has 6 heteroatoms. The Hall–Kier alpha value is -1.75. The molecule has 1 heterocycles. The molecular weight excluding hydrogens is 267 g/mol. The average Bonchev–Trinajstić information content (AvgIpc) is 2.67. The first-order valence-electron chi connectivity index (χ1n) is 6.03. The van der Waals surface area contributed by atoms with E-state index in [2.05, 4.69) is 10.4 Å². The number of nitrogen functional groups attached to an aromatic ring is 1. The normalized spacial score (nSPS) is 10.7. The summed E-state index contributed by atoms with van der Waals surface area (Å²) in [5.74, 6) is 0.361. The van der Waals surface area contributed by atoms with Gasteiger partial charge in [-0.2, -0.15) is 5.10 Å². The number of nitrogens with one attached hydrogen (secondary N) is 1. The van der Waals surface area contributed by atoms with Gasteiger partial charge in [-0.3, -0.25) is 0 Å². The maximum atomic E-state index is 13.1. The molecule has 102 valence electrons. The molecule has 0 saturated carbocycles. The van der Waals surface area contributed by atoms with Crippen molar-refractivity contribution in [1.29, 1.82) is 0 Å². The summed E-state index contributed by atoms with van der Waals surface area (Å²) in [6.45, 7) is 5.09. The van der Waals surface area contributed by atoms with Crippen LogP contribution in [0.15, 0.2) is 18.2 Å². The number of benzene rings is 1. The quantitative estimate of drug-likeness (QED) is 0.905. The van der Waals surface area contributed by atoms with Gasteiger partial charge in [-0.15, -0.1) is 0 Å². The van der Waals surface area contributed by atoms with Gasteiger partial charge in [0.2, 0.25) is 0 Å². The van der Waals surface area contributed by atoms with Crippen LogP contribution in [0.3, 0.4) is 0 Å². The molecule has 0 bridgehead atoms. The summed E-state index contributed by atoms with van der Waals surface area (Å²) >= 11 is 5.74. The molecule has 4 nitrogen and oxygen atoms in total. The molecule has 0 atom stereocenters. The summed E-state index contributed by atoms with van der Waals surface area (Å²) in [5.41, 5.74) is 8.27. The van der Waals surface area contributed by atoms with Crippen LogP contribution in [0.25, 0.3) is 0 Å². The molecule has 0 radical (unpaired) electrons. The summed E-state index contributed by atoms with van der Waals surface area (Å²) in [7, 11) is 0. The predicted octanol–water partition coefficient (Wildman–Crippen LogP) is 3.20. The molecule has 0 amide bonds. The topological polar surface area (TPSA) is 55.9 Å². The summed E-state index contributed by atoms with van der Waals surface area (Å²) in [6, 6.07) is 4.63. The van der Waals surface area contributed by atoms with Crippen molar-refractivity contribution in [3.05, 3.63) is 40.3 Å². The van der Waals surface area contributed by atoms with E-state index in [-0.39, 0.29) is 5.02 Å². The van der Waals surface area contributed by atoms with Crippen molar-refractivity contribution in [2.75, 3.05) is 11.1 Å². The van der Waals surface area contributed by atoms with Gasteiger partial charge in [0.05, 0.1) is 16.4 Å². The Kier molecular flexibility index (Phi) is 3.95. The minimum Gasteiger partial charge on any atom is -0.394 e. The van der Waals surface area contributed by atoms with Gasteiger partial charge >= 0.3 is 0 Å². The van der Waals surface area contributed by atoms with E-state index in [0.717, 1.165) is 23.6 Å². The number of anilines is 2. The fourth-order valence-corrected chi connectivity index (χ4v) is 2.05. The lowest BCUT2D eigenvalue weighted by molar-refractivity contribution is 0.627. The largest absolute Gasteiger partial charge is 0.394 e. The zero-order valence-electron chi connectivity index (χ0n) is 10.9. The molecule has 0 fully saturated rings. The van der Waals surface area contributed by atoms with E-state index in [0.29, 0.717) is 12.2 Å². The van der Waals surface area contributed by atoms with Crippen LogP contribution in [0.5, 0.6) is 0 Å². The standard InChI is InChI=1S/C13H16ClFN4/c1-3-19-13(12(16)8(2)18-19)17-7-9-4-5-11(15)10(14)6-9/h4-6,17H,3,7,16H2,1-2H3. The van der Waals surface area contributed by atoms with Crippen molar-refractivity contribution in [1.82, 2.24) is 9.78 Å². The van der Waals surface area contributed by atoms with Crippen molar-refractivity contribution >= 4 is 23.1 Å². The first-order valence-corrected chi connectivity index (χ1v) is 6.41. The lowest BCUT2D eigenvalue weighted by Crippen LogP contribution is -2.08. The van der Waals surface area contributed by atoms with E-state index >= 15 is 0 Å². The summed E-state index contributed by atoms with van der Waals surface area (Å²) in [6.07, 6.45) is 0. The third-order valence-electron chi connectivity index (χ3n) is 2.92. The van der Waals surface area contributed by atoms with E-state index < -0.39 is 5.82 Å². The smallest absolute Gasteiger partial charge is 0.148 e. The number of aromatic nitrogens is 2. The maximum Gasteiger partial charge on any atom is 0.148 e. The predicted molar refractivity (Wildman–Crippen MR) is 75.8 cm³/mol. The molecule has 1 aromatic carbocycles. The highest BCUT2D eigenvalue weighted by Crippen LogP contribution is 2.23. The van der Waals surface area contributed by atoms with Crippen molar-refractivity contribution in [2.24, 2.45) is 0 Å². The van der Waals surface area contributed by atoms with Crippen LogP contribution in [-0.2, 0) is 13.1 Å². The number of hydrogen-bond donors (Lipinski definition) is 2. The third-order valence-corrected chi connectivity index (χ3v) is 3.21. The minimum absolute atomic E-state index is 0.118. The van der Waals surface area contributed by atoms with E-state index in [4.69, 9.17) is 17.3 Å².